The van der Waals surface area contributed by atoms with Crippen LogP contribution in [0.4, 0.5) is 4.39 Å². The normalized spacial score (nSPS) is 10.1. The Labute approximate surface area is 85.1 Å². The van der Waals surface area contributed by atoms with Crippen LogP contribution < -0.4 is 4.74 Å². The fourth-order valence-electron chi connectivity index (χ4n) is 1.06. The zero-order valence-electron chi connectivity index (χ0n) is 7.31. The molecule has 0 aliphatic heterocycles. The molecule has 0 fully saturated rings. The quantitative estimate of drug-likeness (QED) is 0.775. The molecule has 0 amide bonds. The van der Waals surface area contributed by atoms with Gasteiger partial charge in [-0.15, -0.1) is 0 Å². The average Bonchev–Trinajstić information content (AvgIpc) is 2.67. The molecule has 0 aliphatic rings. The Bertz CT molecular complexity index is 402. The molecule has 0 saturated heterocycles. The van der Waals surface area contributed by atoms with Crippen molar-refractivity contribution in [1.82, 2.24) is 4.37 Å². The highest BCUT2D eigenvalue weighted by Crippen LogP contribution is 2.14. The number of nitrogens with zero attached hydrogens (tertiary/aromatic N) is 1. The van der Waals surface area contributed by atoms with Crippen LogP contribution in [-0.4, -0.2) is 4.37 Å². The highest BCUT2D eigenvalue weighted by Gasteiger charge is 1.97. The van der Waals surface area contributed by atoms with E-state index in [0.29, 0.717) is 6.61 Å². The van der Waals surface area contributed by atoms with Crippen molar-refractivity contribution in [2.24, 2.45) is 0 Å². The van der Waals surface area contributed by atoms with Gasteiger partial charge in [0.1, 0.15) is 12.4 Å². The van der Waals surface area contributed by atoms with Crippen molar-refractivity contribution in [3.8, 4) is 5.75 Å². The van der Waals surface area contributed by atoms with Gasteiger partial charge >= 0.3 is 0 Å². The van der Waals surface area contributed by atoms with E-state index >= 15 is 0 Å². The van der Waals surface area contributed by atoms with Crippen LogP contribution in [0.15, 0.2) is 35.8 Å². The Morgan fingerprint density at radius 1 is 1.43 bits per heavy atom. The molecule has 1 aromatic heterocycles. The minimum absolute atomic E-state index is 0.241. The second-order valence-electron chi connectivity index (χ2n) is 2.78. The zero-order valence-corrected chi connectivity index (χ0v) is 8.13. The Balaban J connectivity index is 1.98. The highest BCUT2D eigenvalue weighted by atomic mass is 32.1. The van der Waals surface area contributed by atoms with Crippen LogP contribution in [0.1, 0.15) is 5.56 Å². The number of ether oxygens (including phenoxy) is 1. The first kappa shape index (κ1) is 9.15. The van der Waals surface area contributed by atoms with Crippen LogP contribution in [0.2, 0.25) is 0 Å². The third kappa shape index (κ3) is 2.29. The topological polar surface area (TPSA) is 22.1 Å². The van der Waals surface area contributed by atoms with Crippen LogP contribution in [0.25, 0.3) is 0 Å². The van der Waals surface area contributed by atoms with Gasteiger partial charge in [0.15, 0.2) is 5.75 Å². The first-order valence-electron chi connectivity index (χ1n) is 4.11. The molecule has 0 atom stereocenters. The summed E-state index contributed by atoms with van der Waals surface area (Å²) in [6.07, 6.45) is 1.64. The van der Waals surface area contributed by atoms with Crippen LogP contribution in [-0.2, 0) is 6.61 Å². The first-order chi connectivity index (χ1) is 6.84. The Hall–Kier alpha value is -1.42. The van der Waals surface area contributed by atoms with Crippen LogP contribution >= 0.6 is 11.5 Å². The van der Waals surface area contributed by atoms with Gasteiger partial charge < -0.3 is 4.74 Å². The van der Waals surface area contributed by atoms with E-state index in [1.807, 2.05) is 6.07 Å². The van der Waals surface area contributed by atoms with Crippen molar-refractivity contribution in [3.63, 3.8) is 0 Å². The third-order valence-electron chi connectivity index (χ3n) is 1.70. The summed E-state index contributed by atoms with van der Waals surface area (Å²) in [4.78, 5) is 0. The minimum atomic E-state index is -0.241. The van der Waals surface area contributed by atoms with Gasteiger partial charge in [0.2, 0.25) is 0 Å². The lowest BCUT2D eigenvalue weighted by Crippen LogP contribution is -1.94. The van der Waals surface area contributed by atoms with Crippen LogP contribution in [0.3, 0.4) is 0 Å². The smallest absolute Gasteiger partial charge is 0.150 e. The van der Waals surface area contributed by atoms with E-state index in [0.717, 1.165) is 11.3 Å². The van der Waals surface area contributed by atoms with Gasteiger partial charge in [-0.2, -0.15) is 4.37 Å². The largest absolute Gasteiger partial charge is 0.486 e. The Kier molecular flexibility index (Phi) is 2.74. The maximum Gasteiger partial charge on any atom is 0.150 e. The fourth-order valence-corrected chi connectivity index (χ4v) is 1.52. The number of aromatic nitrogens is 1. The number of hydrogen-bond acceptors (Lipinski definition) is 3. The molecule has 0 bridgehead atoms. The summed E-state index contributed by atoms with van der Waals surface area (Å²) in [7, 11) is 0. The van der Waals surface area contributed by atoms with E-state index < -0.39 is 0 Å². The molecule has 4 heteroatoms. The summed E-state index contributed by atoms with van der Waals surface area (Å²) in [5, 5.41) is 1.80. The van der Waals surface area contributed by atoms with Gasteiger partial charge in [-0.1, -0.05) is 12.1 Å². The molecule has 1 heterocycles. The molecule has 2 aromatic rings. The van der Waals surface area contributed by atoms with Gasteiger partial charge in [-0.3, -0.25) is 0 Å². The maximum absolute atomic E-state index is 12.8. The second-order valence-corrected chi connectivity index (χ2v) is 3.44. The molecule has 0 N–H and O–H groups in total. The van der Waals surface area contributed by atoms with Gasteiger partial charge in [0, 0.05) is 0 Å². The van der Waals surface area contributed by atoms with Gasteiger partial charge in [-0.05, 0) is 29.2 Å². The summed E-state index contributed by atoms with van der Waals surface area (Å²) in [6, 6.07) is 6.36. The third-order valence-corrected chi connectivity index (χ3v) is 2.27. The molecule has 2 nitrogen and oxygen atoms in total. The predicted octanol–water partition coefficient (Wildman–Crippen LogP) is 2.86. The van der Waals surface area contributed by atoms with Crippen molar-refractivity contribution in [1.29, 1.82) is 0 Å². The number of hydrogen-bond donors (Lipinski definition) is 0. The van der Waals surface area contributed by atoms with Crippen LogP contribution in [0, 0.1) is 5.82 Å². The standard InChI is InChI=1S/C10H8FNOS/c11-9-3-1-2-8(4-9)6-13-10-5-12-14-7-10/h1-5,7H,6H2. The van der Waals surface area contributed by atoms with E-state index in [4.69, 9.17) is 4.74 Å². The lowest BCUT2D eigenvalue weighted by molar-refractivity contribution is 0.306. The Morgan fingerprint density at radius 2 is 2.36 bits per heavy atom. The molecular formula is C10H8FNOS. The minimum Gasteiger partial charge on any atom is -0.486 e. The number of benzene rings is 1. The van der Waals surface area contributed by atoms with Crippen molar-refractivity contribution >= 4 is 11.5 Å². The number of rotatable bonds is 3. The summed E-state index contributed by atoms with van der Waals surface area (Å²) in [6.45, 7) is 0.371. The van der Waals surface area contributed by atoms with Gasteiger partial charge in [0.25, 0.3) is 0 Å². The molecule has 0 radical (unpaired) electrons. The molecule has 1 aromatic carbocycles. The average molecular weight is 209 g/mol. The molecule has 0 aliphatic carbocycles. The monoisotopic (exact) mass is 209 g/mol. The second kappa shape index (κ2) is 4.19. The fraction of sp³-hybridized carbons (Fsp3) is 0.100. The van der Waals surface area contributed by atoms with Crippen molar-refractivity contribution < 1.29 is 9.13 Å². The molecular weight excluding hydrogens is 201 g/mol. The molecule has 0 saturated carbocycles. The van der Waals surface area contributed by atoms with Crippen molar-refractivity contribution in [2.75, 3.05) is 0 Å². The molecule has 14 heavy (non-hydrogen) atoms. The van der Waals surface area contributed by atoms with Crippen molar-refractivity contribution in [3.05, 3.63) is 47.2 Å². The molecule has 72 valence electrons. The summed E-state index contributed by atoms with van der Waals surface area (Å²) < 4.78 is 22.0. The van der Waals surface area contributed by atoms with Gasteiger partial charge in [-0.25, -0.2) is 4.39 Å². The van der Waals surface area contributed by atoms with E-state index in [2.05, 4.69) is 4.37 Å². The number of halogens is 1. The van der Waals surface area contributed by atoms with Gasteiger partial charge in [0.05, 0.1) is 11.6 Å². The predicted molar refractivity (Wildman–Crippen MR) is 52.8 cm³/mol. The zero-order chi connectivity index (χ0) is 9.80. The van der Waals surface area contributed by atoms with E-state index in [1.165, 1.54) is 23.7 Å². The van der Waals surface area contributed by atoms with E-state index in [1.54, 1.807) is 17.6 Å². The highest BCUT2D eigenvalue weighted by molar-refractivity contribution is 7.03. The van der Waals surface area contributed by atoms with E-state index in [9.17, 15) is 4.39 Å². The summed E-state index contributed by atoms with van der Waals surface area (Å²) in [5.41, 5.74) is 0.816. The molecule has 0 unspecified atom stereocenters. The van der Waals surface area contributed by atoms with Crippen molar-refractivity contribution in [2.45, 2.75) is 6.61 Å². The van der Waals surface area contributed by atoms with E-state index in [-0.39, 0.29) is 5.82 Å². The molecule has 2 rings (SSSR count). The lowest BCUT2D eigenvalue weighted by atomic mass is 10.2. The summed E-state index contributed by atoms with van der Waals surface area (Å²) >= 11 is 1.33. The SMILES string of the molecule is Fc1cccc(COc2cnsc2)c1. The lowest BCUT2D eigenvalue weighted by Gasteiger charge is -2.02. The summed E-state index contributed by atoms with van der Waals surface area (Å²) in [5.74, 6) is 0.480. The first-order valence-corrected chi connectivity index (χ1v) is 4.95. The molecule has 0 spiro atoms. The maximum atomic E-state index is 12.8. The van der Waals surface area contributed by atoms with Crippen LogP contribution in [0.5, 0.6) is 5.75 Å². The Morgan fingerprint density at radius 3 is 3.07 bits per heavy atom.